The van der Waals surface area contributed by atoms with E-state index in [0.29, 0.717) is 13.0 Å². The highest BCUT2D eigenvalue weighted by molar-refractivity contribution is 5.27. The van der Waals surface area contributed by atoms with Crippen LogP contribution in [0.1, 0.15) is 18.3 Å². The minimum absolute atomic E-state index is 0.324. The summed E-state index contributed by atoms with van der Waals surface area (Å²) in [7, 11) is 1.88. The fourth-order valence-electron chi connectivity index (χ4n) is 1.65. The van der Waals surface area contributed by atoms with Crippen LogP contribution in [0.25, 0.3) is 0 Å². The molecule has 1 N–H and O–H groups in total. The number of rotatable bonds is 5. The molecule has 5 nitrogen and oxygen atoms in total. The average molecular weight is 247 g/mol. The number of benzene rings is 1. The summed E-state index contributed by atoms with van der Waals surface area (Å²) in [5, 5.41) is 17.0. The van der Waals surface area contributed by atoms with Gasteiger partial charge in [0.2, 0.25) is 0 Å². The first-order valence-corrected chi connectivity index (χ1v) is 5.88. The van der Waals surface area contributed by atoms with Crippen molar-refractivity contribution in [3.63, 3.8) is 0 Å². The van der Waals surface area contributed by atoms with Crippen molar-refractivity contribution in [2.45, 2.75) is 26.1 Å². The predicted octanol–water partition coefficient (Wildman–Crippen LogP) is 1.32. The van der Waals surface area contributed by atoms with Crippen LogP contribution >= 0.6 is 0 Å². The van der Waals surface area contributed by atoms with Crippen molar-refractivity contribution in [3.8, 4) is 5.75 Å². The first-order valence-electron chi connectivity index (χ1n) is 5.88. The zero-order valence-electron chi connectivity index (χ0n) is 10.6. The predicted molar refractivity (Wildman–Crippen MR) is 67.2 cm³/mol. The van der Waals surface area contributed by atoms with E-state index in [2.05, 4.69) is 10.2 Å². The number of hydrogen-bond donors (Lipinski definition) is 1. The van der Waals surface area contributed by atoms with Crippen molar-refractivity contribution in [1.29, 1.82) is 0 Å². The molecule has 18 heavy (non-hydrogen) atoms. The van der Waals surface area contributed by atoms with Crippen LogP contribution in [-0.4, -0.2) is 26.0 Å². The Hall–Kier alpha value is -1.88. The lowest BCUT2D eigenvalue weighted by Crippen LogP contribution is -2.05. The van der Waals surface area contributed by atoms with E-state index in [1.54, 1.807) is 13.3 Å². The van der Waals surface area contributed by atoms with E-state index in [9.17, 15) is 5.11 Å². The molecule has 0 aliphatic heterocycles. The second-order valence-corrected chi connectivity index (χ2v) is 4.34. The minimum Gasteiger partial charge on any atom is -0.486 e. The van der Waals surface area contributed by atoms with E-state index in [4.69, 9.17) is 4.74 Å². The number of aliphatic hydroxyl groups excluding tert-OH is 1. The molecule has 96 valence electrons. The van der Waals surface area contributed by atoms with Gasteiger partial charge < -0.3 is 14.4 Å². The highest BCUT2D eigenvalue weighted by Gasteiger charge is 2.03. The summed E-state index contributed by atoms with van der Waals surface area (Å²) in [5.74, 6) is 1.57. The Morgan fingerprint density at radius 1 is 1.33 bits per heavy atom. The molecule has 0 aliphatic carbocycles. The SMILES string of the molecule is CC(O)Cc1ccc(OCc2nncn2C)cc1. The summed E-state index contributed by atoms with van der Waals surface area (Å²) < 4.78 is 7.43. The molecule has 1 aromatic carbocycles. The maximum atomic E-state index is 9.28. The van der Waals surface area contributed by atoms with Gasteiger partial charge >= 0.3 is 0 Å². The number of aliphatic hydroxyl groups is 1. The molecule has 5 heteroatoms. The molecule has 0 saturated heterocycles. The minimum atomic E-state index is -0.324. The Morgan fingerprint density at radius 3 is 2.61 bits per heavy atom. The van der Waals surface area contributed by atoms with E-state index in [1.165, 1.54) is 0 Å². The van der Waals surface area contributed by atoms with Gasteiger partial charge in [-0.25, -0.2) is 0 Å². The van der Waals surface area contributed by atoms with Crippen molar-refractivity contribution in [1.82, 2.24) is 14.8 Å². The van der Waals surface area contributed by atoms with Crippen molar-refractivity contribution < 1.29 is 9.84 Å². The summed E-state index contributed by atoms with van der Waals surface area (Å²) in [5.41, 5.74) is 1.09. The standard InChI is InChI=1S/C13H17N3O2/c1-10(17)7-11-3-5-12(6-4-11)18-8-13-15-14-9-16(13)2/h3-6,9-10,17H,7-8H2,1-2H3. The molecule has 0 spiro atoms. The molecule has 2 aromatic rings. The van der Waals surface area contributed by atoms with Crippen LogP contribution in [0.3, 0.4) is 0 Å². The zero-order valence-corrected chi connectivity index (χ0v) is 10.6. The third-order valence-corrected chi connectivity index (χ3v) is 2.63. The molecule has 0 bridgehead atoms. The second kappa shape index (κ2) is 5.64. The molecule has 1 atom stereocenters. The van der Waals surface area contributed by atoms with Gasteiger partial charge in [0.25, 0.3) is 0 Å². The van der Waals surface area contributed by atoms with Crippen LogP contribution in [0, 0.1) is 0 Å². The van der Waals surface area contributed by atoms with E-state index in [-0.39, 0.29) is 6.10 Å². The molecule has 1 unspecified atom stereocenters. The normalized spacial score (nSPS) is 12.4. The highest BCUT2D eigenvalue weighted by Crippen LogP contribution is 2.14. The maximum absolute atomic E-state index is 9.28. The first kappa shape index (κ1) is 12.6. The van der Waals surface area contributed by atoms with Crippen LogP contribution in [0.4, 0.5) is 0 Å². The third-order valence-electron chi connectivity index (χ3n) is 2.63. The number of aromatic nitrogens is 3. The Labute approximate surface area is 106 Å². The molecule has 0 aliphatic rings. The summed E-state index contributed by atoms with van der Waals surface area (Å²) >= 11 is 0. The van der Waals surface area contributed by atoms with Gasteiger partial charge in [0.1, 0.15) is 18.7 Å². The molecule has 0 radical (unpaired) electrons. The van der Waals surface area contributed by atoms with Gasteiger partial charge in [0.15, 0.2) is 5.82 Å². The molecule has 0 amide bonds. The molecule has 2 rings (SSSR count). The van der Waals surface area contributed by atoms with Crippen LogP contribution in [-0.2, 0) is 20.1 Å². The van der Waals surface area contributed by atoms with Crippen LogP contribution < -0.4 is 4.74 Å². The number of nitrogens with zero attached hydrogens (tertiary/aromatic N) is 3. The Bertz CT molecular complexity index is 491. The first-order chi connectivity index (χ1) is 8.65. The van der Waals surface area contributed by atoms with E-state index in [1.807, 2.05) is 35.9 Å². The van der Waals surface area contributed by atoms with E-state index >= 15 is 0 Å². The van der Waals surface area contributed by atoms with Gasteiger partial charge in [-0.05, 0) is 31.0 Å². The van der Waals surface area contributed by atoms with Crippen molar-refractivity contribution in [3.05, 3.63) is 42.0 Å². The van der Waals surface area contributed by atoms with Gasteiger partial charge in [-0.3, -0.25) is 0 Å². The molecule has 1 aromatic heterocycles. The van der Waals surface area contributed by atoms with Gasteiger partial charge in [-0.2, -0.15) is 0 Å². The van der Waals surface area contributed by atoms with Crippen LogP contribution in [0.5, 0.6) is 5.75 Å². The molecule has 0 saturated carbocycles. The van der Waals surface area contributed by atoms with Gasteiger partial charge in [0.05, 0.1) is 6.10 Å². The van der Waals surface area contributed by atoms with Crippen molar-refractivity contribution >= 4 is 0 Å². The van der Waals surface area contributed by atoms with Crippen molar-refractivity contribution in [2.24, 2.45) is 7.05 Å². The fraction of sp³-hybridized carbons (Fsp3) is 0.385. The quantitative estimate of drug-likeness (QED) is 0.865. The topological polar surface area (TPSA) is 60.2 Å². The van der Waals surface area contributed by atoms with E-state index < -0.39 is 0 Å². The average Bonchev–Trinajstić information content (AvgIpc) is 2.73. The van der Waals surface area contributed by atoms with Gasteiger partial charge in [0, 0.05) is 7.05 Å². The monoisotopic (exact) mass is 247 g/mol. The number of hydrogen-bond acceptors (Lipinski definition) is 4. The summed E-state index contributed by atoms with van der Waals surface area (Å²) in [6, 6.07) is 7.71. The lowest BCUT2D eigenvalue weighted by molar-refractivity contribution is 0.195. The highest BCUT2D eigenvalue weighted by atomic mass is 16.5. The summed E-state index contributed by atoms with van der Waals surface area (Å²) in [6.07, 6.45) is 1.98. The number of aryl methyl sites for hydroxylation is 1. The Kier molecular flexibility index (Phi) is 3.94. The Morgan fingerprint density at radius 2 is 2.06 bits per heavy atom. The molecule has 1 heterocycles. The van der Waals surface area contributed by atoms with Crippen molar-refractivity contribution in [2.75, 3.05) is 0 Å². The summed E-state index contributed by atoms with van der Waals surface area (Å²) in [4.78, 5) is 0. The zero-order chi connectivity index (χ0) is 13.0. The van der Waals surface area contributed by atoms with E-state index in [0.717, 1.165) is 17.1 Å². The largest absolute Gasteiger partial charge is 0.486 e. The van der Waals surface area contributed by atoms with Gasteiger partial charge in [-0.1, -0.05) is 12.1 Å². The third kappa shape index (κ3) is 3.30. The second-order valence-electron chi connectivity index (χ2n) is 4.34. The molecular formula is C13H17N3O2. The van der Waals surface area contributed by atoms with Crippen LogP contribution in [0.2, 0.25) is 0 Å². The lowest BCUT2D eigenvalue weighted by Gasteiger charge is -2.07. The molecule has 0 fully saturated rings. The maximum Gasteiger partial charge on any atom is 0.170 e. The summed E-state index contributed by atoms with van der Waals surface area (Å²) in [6.45, 7) is 2.17. The Balaban J connectivity index is 1.92. The van der Waals surface area contributed by atoms with Crippen LogP contribution in [0.15, 0.2) is 30.6 Å². The fourth-order valence-corrected chi connectivity index (χ4v) is 1.65. The van der Waals surface area contributed by atoms with Gasteiger partial charge in [-0.15, -0.1) is 10.2 Å². The molecular weight excluding hydrogens is 230 g/mol. The lowest BCUT2D eigenvalue weighted by atomic mass is 10.1. The smallest absolute Gasteiger partial charge is 0.170 e. The number of ether oxygens (including phenoxy) is 1.